The molecule has 11 nitrogen and oxygen atoms in total. The summed E-state index contributed by atoms with van der Waals surface area (Å²) in [6.07, 6.45) is 1.75. The number of hydrogen-bond donors (Lipinski definition) is 1. The lowest BCUT2D eigenvalue weighted by Gasteiger charge is -2.20. The first-order valence-electron chi connectivity index (χ1n) is 11.6. The lowest BCUT2D eigenvalue weighted by Crippen LogP contribution is -2.32. The van der Waals surface area contributed by atoms with Crippen LogP contribution in [0.2, 0.25) is 0 Å². The van der Waals surface area contributed by atoms with Crippen LogP contribution in [0, 0.1) is 5.82 Å². The molecule has 5 rings (SSSR count). The monoisotopic (exact) mass is 516 g/mol. The molecule has 2 amide bonds. The Labute approximate surface area is 205 Å². The predicted molar refractivity (Wildman–Crippen MR) is 128 cm³/mol. The number of halogens is 1. The molecule has 0 radical (unpaired) electrons. The molecule has 2 aliphatic rings. The van der Waals surface area contributed by atoms with Crippen molar-refractivity contribution in [2.24, 2.45) is 0 Å². The second kappa shape index (κ2) is 8.80. The zero-order valence-corrected chi connectivity index (χ0v) is 20.6. The molecule has 0 spiro atoms. The number of hydrogen-bond acceptors (Lipinski definition) is 7. The maximum Gasteiger partial charge on any atom is 0.280 e. The van der Waals surface area contributed by atoms with Crippen LogP contribution in [0.5, 0.6) is 0 Å². The van der Waals surface area contributed by atoms with Gasteiger partial charge in [-0.2, -0.15) is 9.61 Å². The maximum atomic E-state index is 13.4. The molecule has 0 unspecified atom stereocenters. The highest BCUT2D eigenvalue weighted by Gasteiger charge is 2.37. The standard InChI is InChI=1S/C23H25FN6O5S/c1-13(2)28-11-16-21(23(28)33)29(12-19(31)26-18-4-3-15(24)10-25-18)20-9-17(27-30(20)22(16)32)14-5-7-36(34,35)8-6-14/h3-4,9-10,13-14H,5-8,11-12H2,1-2H3,(H,25,26,31). The molecule has 0 aliphatic carbocycles. The van der Waals surface area contributed by atoms with Gasteiger partial charge in [0.1, 0.15) is 39.4 Å². The zero-order valence-electron chi connectivity index (χ0n) is 19.8. The molecule has 0 aromatic carbocycles. The number of amides is 2. The second-order valence-electron chi connectivity index (χ2n) is 9.42. The Bertz CT molecular complexity index is 1530. The highest BCUT2D eigenvalue weighted by molar-refractivity contribution is 7.91. The van der Waals surface area contributed by atoms with Crippen LogP contribution in [0.3, 0.4) is 0 Å². The minimum Gasteiger partial charge on any atom is -0.330 e. The summed E-state index contributed by atoms with van der Waals surface area (Å²) in [6, 6.07) is 3.97. The van der Waals surface area contributed by atoms with Crippen LogP contribution >= 0.6 is 0 Å². The van der Waals surface area contributed by atoms with Crippen molar-refractivity contribution in [3.05, 3.63) is 57.5 Å². The molecular weight excluding hydrogens is 491 g/mol. The van der Waals surface area contributed by atoms with E-state index in [4.69, 9.17) is 0 Å². The van der Waals surface area contributed by atoms with E-state index in [0.717, 1.165) is 12.3 Å². The number of fused-ring (bicyclic) bond motifs is 2. The smallest absolute Gasteiger partial charge is 0.280 e. The summed E-state index contributed by atoms with van der Waals surface area (Å²) in [5, 5.41) is 7.07. The molecule has 1 fully saturated rings. The average Bonchev–Trinajstić information content (AvgIpc) is 3.41. The third-order valence-electron chi connectivity index (χ3n) is 6.68. The van der Waals surface area contributed by atoms with E-state index in [9.17, 15) is 27.2 Å². The molecule has 3 aromatic heterocycles. The van der Waals surface area contributed by atoms with Crippen LogP contribution in [0.1, 0.15) is 54.4 Å². The van der Waals surface area contributed by atoms with Gasteiger partial charge in [0.25, 0.3) is 11.5 Å². The van der Waals surface area contributed by atoms with Gasteiger partial charge in [0, 0.05) is 18.0 Å². The summed E-state index contributed by atoms with van der Waals surface area (Å²) in [6.45, 7) is 3.46. The van der Waals surface area contributed by atoms with Gasteiger partial charge in [0.2, 0.25) is 5.91 Å². The van der Waals surface area contributed by atoms with E-state index in [-0.39, 0.29) is 65.2 Å². The minimum atomic E-state index is -3.08. The summed E-state index contributed by atoms with van der Waals surface area (Å²) < 4.78 is 39.6. The van der Waals surface area contributed by atoms with E-state index >= 15 is 0 Å². The van der Waals surface area contributed by atoms with Crippen molar-refractivity contribution in [3.63, 3.8) is 0 Å². The fourth-order valence-electron chi connectivity index (χ4n) is 4.74. The number of nitrogens with zero attached hydrogens (tertiary/aromatic N) is 5. The van der Waals surface area contributed by atoms with Gasteiger partial charge in [0.05, 0.1) is 35.5 Å². The Morgan fingerprint density at radius 2 is 1.94 bits per heavy atom. The molecule has 1 N–H and O–H groups in total. The second-order valence-corrected chi connectivity index (χ2v) is 11.7. The Morgan fingerprint density at radius 3 is 2.58 bits per heavy atom. The van der Waals surface area contributed by atoms with Gasteiger partial charge in [0.15, 0.2) is 0 Å². The van der Waals surface area contributed by atoms with Gasteiger partial charge in [-0.3, -0.25) is 14.4 Å². The van der Waals surface area contributed by atoms with Crippen molar-refractivity contribution >= 4 is 33.1 Å². The van der Waals surface area contributed by atoms with Gasteiger partial charge >= 0.3 is 0 Å². The highest BCUT2D eigenvalue weighted by atomic mass is 32.2. The average molecular weight is 517 g/mol. The molecule has 36 heavy (non-hydrogen) atoms. The predicted octanol–water partition coefficient (Wildman–Crippen LogP) is 1.33. The number of nitrogens with one attached hydrogen (secondary N) is 1. The van der Waals surface area contributed by atoms with Crippen molar-refractivity contribution in [3.8, 4) is 0 Å². The molecular formula is C23H25FN6O5S. The summed E-state index contributed by atoms with van der Waals surface area (Å²) in [4.78, 5) is 45.0. The molecule has 1 saturated heterocycles. The lowest BCUT2D eigenvalue weighted by molar-refractivity contribution is -0.116. The number of sulfone groups is 1. The fourth-order valence-corrected chi connectivity index (χ4v) is 6.23. The van der Waals surface area contributed by atoms with Crippen LogP contribution in [-0.2, 0) is 27.7 Å². The highest BCUT2D eigenvalue weighted by Crippen LogP contribution is 2.30. The van der Waals surface area contributed by atoms with Gasteiger partial charge in [-0.1, -0.05) is 0 Å². The van der Waals surface area contributed by atoms with E-state index in [2.05, 4.69) is 15.4 Å². The van der Waals surface area contributed by atoms with Crippen molar-refractivity contribution in [2.75, 3.05) is 16.8 Å². The van der Waals surface area contributed by atoms with Crippen molar-refractivity contribution in [1.29, 1.82) is 0 Å². The Balaban J connectivity index is 1.58. The molecule has 0 bridgehead atoms. The normalized spacial score (nSPS) is 17.7. The maximum absolute atomic E-state index is 13.4. The largest absolute Gasteiger partial charge is 0.330 e. The topological polar surface area (TPSA) is 136 Å². The van der Waals surface area contributed by atoms with E-state index < -0.39 is 27.1 Å². The number of pyridine rings is 1. The summed E-state index contributed by atoms with van der Waals surface area (Å²) in [7, 11) is -3.08. The van der Waals surface area contributed by atoms with Crippen LogP contribution in [0.4, 0.5) is 10.2 Å². The Hall–Kier alpha value is -3.61. The van der Waals surface area contributed by atoms with Gasteiger partial charge in [-0.25, -0.2) is 17.8 Å². The number of carbonyl (C=O) groups is 2. The number of anilines is 1. The molecule has 13 heteroatoms. The fraction of sp³-hybridized carbons (Fsp3) is 0.435. The van der Waals surface area contributed by atoms with E-state index in [0.29, 0.717) is 18.5 Å². The van der Waals surface area contributed by atoms with Gasteiger partial charge in [-0.05, 0) is 38.8 Å². The Morgan fingerprint density at radius 1 is 1.22 bits per heavy atom. The first-order chi connectivity index (χ1) is 17.0. The third-order valence-corrected chi connectivity index (χ3v) is 8.39. The SMILES string of the molecule is CC(C)N1Cc2c(n(CC(=O)Nc3ccc(F)cn3)c3cc(C4CCS(=O)(=O)CC4)nn3c2=O)C1=O. The van der Waals surface area contributed by atoms with Crippen LogP contribution in [-0.4, -0.2) is 61.8 Å². The van der Waals surface area contributed by atoms with Gasteiger partial charge in [-0.15, -0.1) is 0 Å². The van der Waals surface area contributed by atoms with Crippen LogP contribution < -0.4 is 10.9 Å². The van der Waals surface area contributed by atoms with Gasteiger partial charge < -0.3 is 14.8 Å². The molecule has 5 heterocycles. The van der Waals surface area contributed by atoms with Crippen molar-refractivity contribution in [2.45, 2.75) is 51.7 Å². The molecule has 0 atom stereocenters. The lowest BCUT2D eigenvalue weighted by atomic mass is 9.99. The quantitative estimate of drug-likeness (QED) is 0.540. The summed E-state index contributed by atoms with van der Waals surface area (Å²) in [5.41, 5.74) is 0.746. The van der Waals surface area contributed by atoms with Crippen molar-refractivity contribution < 1.29 is 22.4 Å². The summed E-state index contributed by atoms with van der Waals surface area (Å²) >= 11 is 0. The Kier molecular flexibility index (Phi) is 5.89. The molecule has 0 saturated carbocycles. The van der Waals surface area contributed by atoms with E-state index in [1.165, 1.54) is 15.1 Å². The first-order valence-corrected chi connectivity index (χ1v) is 13.4. The number of aromatic nitrogens is 4. The molecule has 3 aromatic rings. The minimum absolute atomic E-state index is 0.0428. The van der Waals surface area contributed by atoms with Crippen molar-refractivity contribution in [1.82, 2.24) is 24.1 Å². The van der Waals surface area contributed by atoms with E-state index in [1.807, 2.05) is 13.8 Å². The molecule has 190 valence electrons. The van der Waals surface area contributed by atoms with Crippen LogP contribution in [0.15, 0.2) is 29.2 Å². The zero-order chi connectivity index (χ0) is 25.8. The number of rotatable bonds is 5. The first kappa shape index (κ1) is 24.1. The summed E-state index contributed by atoms with van der Waals surface area (Å²) in [5.74, 6) is -1.36. The van der Waals surface area contributed by atoms with Crippen LogP contribution in [0.25, 0.3) is 5.65 Å². The molecule has 2 aliphatic heterocycles. The number of carbonyl (C=O) groups excluding carboxylic acids is 2. The third kappa shape index (κ3) is 4.27. The van der Waals surface area contributed by atoms with E-state index in [1.54, 1.807) is 11.0 Å².